The molecule has 1 rings (SSSR count). The van der Waals surface area contributed by atoms with Crippen molar-refractivity contribution in [3.8, 4) is 0 Å². The van der Waals surface area contributed by atoms with Crippen molar-refractivity contribution in [3.63, 3.8) is 0 Å². The Hall–Kier alpha value is -1.09. The molecule has 14 heavy (non-hydrogen) atoms. The molecule has 0 saturated carbocycles. The van der Waals surface area contributed by atoms with Crippen LogP contribution in [0.4, 0.5) is 10.1 Å². The second kappa shape index (κ2) is 4.96. The van der Waals surface area contributed by atoms with Crippen LogP contribution >= 0.6 is 0 Å². The molecule has 1 aromatic carbocycles. The summed E-state index contributed by atoms with van der Waals surface area (Å²) in [5.74, 6) is -0.241. The van der Waals surface area contributed by atoms with E-state index < -0.39 is 0 Å². The Kier molecular flexibility index (Phi) is 3.89. The van der Waals surface area contributed by atoms with Crippen molar-refractivity contribution in [2.75, 3.05) is 18.1 Å². The van der Waals surface area contributed by atoms with Gasteiger partial charge in [-0.15, -0.1) is 0 Å². The number of hydrogen-bond donors (Lipinski definition) is 1. The fourth-order valence-corrected chi connectivity index (χ4v) is 1.45. The highest BCUT2D eigenvalue weighted by Crippen LogP contribution is 2.20. The quantitative estimate of drug-likeness (QED) is 0.798. The van der Waals surface area contributed by atoms with Gasteiger partial charge in [0, 0.05) is 12.6 Å². The number of aliphatic hydroxyl groups is 1. The second-order valence-corrected chi connectivity index (χ2v) is 3.46. The lowest BCUT2D eigenvalue weighted by Crippen LogP contribution is -2.34. The highest BCUT2D eigenvalue weighted by Gasteiger charge is 2.12. The highest BCUT2D eigenvalue weighted by molar-refractivity contribution is 5.48. The monoisotopic (exact) mass is 197 g/mol. The van der Waals surface area contributed by atoms with E-state index in [1.165, 1.54) is 6.07 Å². The standard InChI is InChI=1S/C11H16FNO/c1-9(2)13(7-8-14)11-6-4-3-5-10(11)12/h3-6,9,14H,7-8H2,1-2H3. The lowest BCUT2D eigenvalue weighted by atomic mass is 10.2. The number of halogens is 1. The third-order valence-electron chi connectivity index (χ3n) is 2.13. The Morgan fingerprint density at radius 2 is 2.00 bits per heavy atom. The van der Waals surface area contributed by atoms with Crippen molar-refractivity contribution in [3.05, 3.63) is 30.1 Å². The topological polar surface area (TPSA) is 23.5 Å². The number of nitrogens with zero attached hydrogens (tertiary/aromatic N) is 1. The Bertz CT molecular complexity index is 288. The van der Waals surface area contributed by atoms with Gasteiger partial charge in [-0.2, -0.15) is 0 Å². The van der Waals surface area contributed by atoms with Gasteiger partial charge < -0.3 is 10.0 Å². The molecule has 1 aromatic rings. The van der Waals surface area contributed by atoms with Crippen molar-refractivity contribution in [2.24, 2.45) is 0 Å². The molecule has 0 aromatic heterocycles. The lowest BCUT2D eigenvalue weighted by molar-refractivity contribution is 0.298. The van der Waals surface area contributed by atoms with Crippen LogP contribution in [0.3, 0.4) is 0 Å². The highest BCUT2D eigenvalue weighted by atomic mass is 19.1. The van der Waals surface area contributed by atoms with Crippen molar-refractivity contribution in [2.45, 2.75) is 19.9 Å². The lowest BCUT2D eigenvalue weighted by Gasteiger charge is -2.28. The van der Waals surface area contributed by atoms with E-state index in [0.29, 0.717) is 12.2 Å². The van der Waals surface area contributed by atoms with Gasteiger partial charge in [-0.3, -0.25) is 0 Å². The van der Waals surface area contributed by atoms with Gasteiger partial charge in [-0.05, 0) is 26.0 Å². The zero-order valence-corrected chi connectivity index (χ0v) is 8.57. The number of benzene rings is 1. The molecule has 1 N–H and O–H groups in total. The number of anilines is 1. The summed E-state index contributed by atoms with van der Waals surface area (Å²) in [5, 5.41) is 8.87. The summed E-state index contributed by atoms with van der Waals surface area (Å²) in [6.07, 6.45) is 0. The third kappa shape index (κ3) is 2.45. The van der Waals surface area contributed by atoms with E-state index in [0.717, 1.165) is 0 Å². The van der Waals surface area contributed by atoms with Crippen LogP contribution in [0, 0.1) is 5.82 Å². The number of rotatable bonds is 4. The number of hydrogen-bond acceptors (Lipinski definition) is 2. The van der Waals surface area contributed by atoms with Crippen LogP contribution in [-0.4, -0.2) is 24.3 Å². The molecular formula is C11H16FNO. The number of para-hydroxylation sites is 1. The molecule has 0 unspecified atom stereocenters. The van der Waals surface area contributed by atoms with Crippen LogP contribution in [0.25, 0.3) is 0 Å². The fourth-order valence-electron chi connectivity index (χ4n) is 1.45. The zero-order valence-electron chi connectivity index (χ0n) is 8.57. The zero-order chi connectivity index (χ0) is 10.6. The average Bonchev–Trinajstić information content (AvgIpc) is 2.15. The van der Waals surface area contributed by atoms with Gasteiger partial charge in [0.1, 0.15) is 5.82 Å². The molecule has 0 aliphatic heterocycles. The largest absolute Gasteiger partial charge is 0.395 e. The minimum absolute atomic E-state index is 0.0342. The number of aliphatic hydroxyl groups excluding tert-OH is 1. The third-order valence-corrected chi connectivity index (χ3v) is 2.13. The Morgan fingerprint density at radius 3 is 2.50 bits per heavy atom. The van der Waals surface area contributed by atoms with Gasteiger partial charge in [-0.1, -0.05) is 12.1 Å². The predicted molar refractivity (Wildman–Crippen MR) is 56.0 cm³/mol. The molecule has 2 nitrogen and oxygen atoms in total. The Labute approximate surface area is 84.0 Å². The first kappa shape index (κ1) is 11.0. The van der Waals surface area contributed by atoms with E-state index in [1.807, 2.05) is 18.7 Å². The summed E-state index contributed by atoms with van der Waals surface area (Å²) < 4.78 is 13.4. The SMILES string of the molecule is CC(C)N(CCO)c1ccccc1F. The first-order chi connectivity index (χ1) is 6.66. The molecule has 78 valence electrons. The summed E-state index contributed by atoms with van der Waals surface area (Å²) in [7, 11) is 0. The van der Waals surface area contributed by atoms with Crippen molar-refractivity contribution >= 4 is 5.69 Å². The smallest absolute Gasteiger partial charge is 0.146 e. The summed E-state index contributed by atoms with van der Waals surface area (Å²) >= 11 is 0. The van der Waals surface area contributed by atoms with Gasteiger partial charge in [0.25, 0.3) is 0 Å². The van der Waals surface area contributed by atoms with Crippen molar-refractivity contribution in [1.29, 1.82) is 0 Å². The van der Waals surface area contributed by atoms with E-state index in [9.17, 15) is 4.39 Å². The molecule has 3 heteroatoms. The average molecular weight is 197 g/mol. The molecule has 0 atom stereocenters. The summed E-state index contributed by atoms with van der Waals surface area (Å²) in [4.78, 5) is 1.84. The minimum Gasteiger partial charge on any atom is -0.395 e. The van der Waals surface area contributed by atoms with E-state index in [2.05, 4.69) is 0 Å². The van der Waals surface area contributed by atoms with Crippen LogP contribution in [0.2, 0.25) is 0 Å². The molecule has 0 aliphatic carbocycles. The van der Waals surface area contributed by atoms with Gasteiger partial charge in [-0.25, -0.2) is 4.39 Å². The first-order valence-corrected chi connectivity index (χ1v) is 4.79. The summed E-state index contributed by atoms with van der Waals surface area (Å²) in [6, 6.07) is 6.80. The van der Waals surface area contributed by atoms with E-state index >= 15 is 0 Å². The minimum atomic E-state index is -0.241. The van der Waals surface area contributed by atoms with Crippen molar-refractivity contribution < 1.29 is 9.50 Å². The van der Waals surface area contributed by atoms with Gasteiger partial charge >= 0.3 is 0 Å². The van der Waals surface area contributed by atoms with Crippen LogP contribution in [-0.2, 0) is 0 Å². The predicted octanol–water partition coefficient (Wildman–Crippen LogP) is 2.03. The molecule has 0 fully saturated rings. The van der Waals surface area contributed by atoms with Gasteiger partial charge in [0.15, 0.2) is 0 Å². The maximum absolute atomic E-state index is 13.4. The Balaban J connectivity index is 2.93. The maximum Gasteiger partial charge on any atom is 0.146 e. The van der Waals surface area contributed by atoms with Crippen LogP contribution in [0.1, 0.15) is 13.8 Å². The fraction of sp³-hybridized carbons (Fsp3) is 0.455. The summed E-state index contributed by atoms with van der Waals surface area (Å²) in [5.41, 5.74) is 0.552. The maximum atomic E-state index is 13.4. The molecule has 0 radical (unpaired) electrons. The molecule has 0 heterocycles. The molecule has 0 bridgehead atoms. The van der Waals surface area contributed by atoms with Crippen LogP contribution in [0.5, 0.6) is 0 Å². The van der Waals surface area contributed by atoms with E-state index in [4.69, 9.17) is 5.11 Å². The molecular weight excluding hydrogens is 181 g/mol. The van der Waals surface area contributed by atoms with Gasteiger partial charge in [0.05, 0.1) is 12.3 Å². The van der Waals surface area contributed by atoms with E-state index in [1.54, 1.807) is 18.2 Å². The second-order valence-electron chi connectivity index (χ2n) is 3.46. The first-order valence-electron chi connectivity index (χ1n) is 4.79. The molecule has 0 amide bonds. The summed E-state index contributed by atoms with van der Waals surface area (Å²) in [6.45, 7) is 4.44. The molecule has 0 spiro atoms. The molecule has 0 saturated heterocycles. The normalized spacial score (nSPS) is 10.6. The van der Waals surface area contributed by atoms with Gasteiger partial charge in [0.2, 0.25) is 0 Å². The molecule has 0 aliphatic rings. The Morgan fingerprint density at radius 1 is 1.36 bits per heavy atom. The van der Waals surface area contributed by atoms with Crippen molar-refractivity contribution in [1.82, 2.24) is 0 Å². The van der Waals surface area contributed by atoms with Crippen LogP contribution < -0.4 is 4.90 Å². The van der Waals surface area contributed by atoms with Crippen LogP contribution in [0.15, 0.2) is 24.3 Å². The van der Waals surface area contributed by atoms with E-state index in [-0.39, 0.29) is 18.5 Å².